The normalized spacial score (nSPS) is 11.7. The first-order valence-electron chi connectivity index (χ1n) is 5.28. The van der Waals surface area contributed by atoms with Crippen molar-refractivity contribution in [1.82, 2.24) is 4.57 Å². The number of rotatable bonds is 3. The minimum atomic E-state index is -2.08. The zero-order valence-electron chi connectivity index (χ0n) is 9.99. The summed E-state index contributed by atoms with van der Waals surface area (Å²) in [6.45, 7) is 0. The molecule has 106 valence electrons. The fourth-order valence-corrected chi connectivity index (χ4v) is 2.07. The Labute approximate surface area is 134 Å². The molecule has 0 amide bonds. The average Bonchev–Trinajstić information content (AvgIpc) is 2.92. The van der Waals surface area contributed by atoms with Crippen molar-refractivity contribution in [3.05, 3.63) is 46.6 Å². The summed E-state index contributed by atoms with van der Waals surface area (Å²) < 4.78 is 4.34. The largest absolute Gasteiger partial charge is 0.441 e. The molecule has 0 saturated carbocycles. The Balaban J connectivity index is 2.37. The molecule has 0 saturated heterocycles. The molecule has 2 heterocycles. The van der Waals surface area contributed by atoms with Crippen LogP contribution in [0.1, 0.15) is 26.6 Å². The number of hydrogen-bond acceptors (Lipinski definition) is 3. The van der Waals surface area contributed by atoms with E-state index in [1.165, 1.54) is 29.0 Å². The van der Waals surface area contributed by atoms with Crippen LogP contribution in [-0.2, 0) is 7.05 Å². The molecular formula is C12H7Cl4NO3. The lowest BCUT2D eigenvalue weighted by atomic mass is 10.1. The van der Waals surface area contributed by atoms with E-state index in [9.17, 15) is 9.59 Å². The summed E-state index contributed by atoms with van der Waals surface area (Å²) in [6.07, 6.45) is 1.45. The molecule has 0 radical (unpaired) electrons. The second-order valence-electron chi connectivity index (χ2n) is 3.98. The van der Waals surface area contributed by atoms with E-state index < -0.39 is 15.4 Å². The zero-order chi connectivity index (χ0) is 15.1. The van der Waals surface area contributed by atoms with E-state index in [1.807, 2.05) is 0 Å². The number of Topliss-reactive ketones (excluding diaryl/α,β-unsaturated/α-hetero) is 1. The number of ketones is 2. The molecule has 20 heavy (non-hydrogen) atoms. The number of nitrogens with zero attached hydrogens (tertiary/aromatic N) is 1. The van der Waals surface area contributed by atoms with Crippen molar-refractivity contribution in [3.8, 4) is 0 Å². The molecule has 0 unspecified atom stereocenters. The van der Waals surface area contributed by atoms with E-state index in [-0.39, 0.29) is 22.2 Å². The molecule has 2 aromatic rings. The van der Waals surface area contributed by atoms with Gasteiger partial charge in [0.25, 0.3) is 3.79 Å². The number of furan rings is 1. The lowest BCUT2D eigenvalue weighted by Crippen LogP contribution is -2.21. The quantitative estimate of drug-likeness (QED) is 0.617. The summed E-state index contributed by atoms with van der Waals surface area (Å²) in [5.41, 5.74) is 0.335. The van der Waals surface area contributed by atoms with E-state index >= 15 is 0 Å². The van der Waals surface area contributed by atoms with Gasteiger partial charge in [-0.25, -0.2) is 0 Å². The number of carbonyl (C=O) groups excluding carboxylic acids is 2. The Morgan fingerprint density at radius 1 is 1.25 bits per heavy atom. The van der Waals surface area contributed by atoms with E-state index in [0.717, 1.165) is 0 Å². The molecule has 0 aliphatic carbocycles. The van der Waals surface area contributed by atoms with Gasteiger partial charge in [-0.1, -0.05) is 34.8 Å². The van der Waals surface area contributed by atoms with Gasteiger partial charge in [0.2, 0.25) is 11.6 Å². The van der Waals surface area contributed by atoms with Crippen LogP contribution in [0.4, 0.5) is 0 Å². The third kappa shape index (κ3) is 3.04. The van der Waals surface area contributed by atoms with Crippen LogP contribution in [0.3, 0.4) is 0 Å². The Morgan fingerprint density at radius 2 is 1.90 bits per heavy atom. The van der Waals surface area contributed by atoms with Crippen LogP contribution < -0.4 is 0 Å². The number of halogens is 4. The summed E-state index contributed by atoms with van der Waals surface area (Å²) in [5.74, 6) is -1.08. The Bertz CT molecular complexity index is 681. The molecule has 0 N–H and O–H groups in total. The minimum absolute atomic E-state index is 0.0634. The molecule has 0 spiro atoms. The maximum absolute atomic E-state index is 12.1. The van der Waals surface area contributed by atoms with Crippen LogP contribution in [0.25, 0.3) is 0 Å². The molecule has 2 rings (SSSR count). The van der Waals surface area contributed by atoms with E-state index in [4.69, 9.17) is 50.8 Å². The minimum Gasteiger partial charge on any atom is -0.441 e. The van der Waals surface area contributed by atoms with Crippen LogP contribution in [0.2, 0.25) is 5.22 Å². The van der Waals surface area contributed by atoms with Crippen molar-refractivity contribution in [3.63, 3.8) is 0 Å². The highest BCUT2D eigenvalue weighted by molar-refractivity contribution is 6.77. The van der Waals surface area contributed by atoms with Gasteiger partial charge in [-0.15, -0.1) is 0 Å². The summed E-state index contributed by atoms with van der Waals surface area (Å²) in [4.78, 5) is 24.0. The number of carbonyl (C=O) groups is 2. The van der Waals surface area contributed by atoms with Gasteiger partial charge in [0.15, 0.2) is 11.0 Å². The first-order valence-corrected chi connectivity index (χ1v) is 6.79. The van der Waals surface area contributed by atoms with Crippen LogP contribution in [0, 0.1) is 0 Å². The molecule has 0 aliphatic rings. The number of aryl methyl sites for hydroxylation is 1. The van der Waals surface area contributed by atoms with Gasteiger partial charge in [-0.3, -0.25) is 9.59 Å². The standard InChI is InChI=1S/C12H7Cl4NO3/c1-17-5-6(4-7(17)11(19)12(14,15)16)10(18)8-2-3-9(13)20-8/h2-5H,1H3. The molecule has 0 fully saturated rings. The Kier molecular flexibility index (Phi) is 4.21. The molecule has 0 atom stereocenters. The highest BCUT2D eigenvalue weighted by Gasteiger charge is 2.34. The predicted octanol–water partition coefficient (Wildman–Crippen LogP) is 4.06. The highest BCUT2D eigenvalue weighted by atomic mass is 35.6. The second-order valence-corrected chi connectivity index (χ2v) is 6.64. The smallest absolute Gasteiger partial charge is 0.255 e. The Hall–Kier alpha value is -0.940. The fraction of sp³-hybridized carbons (Fsp3) is 0.167. The van der Waals surface area contributed by atoms with Crippen molar-refractivity contribution in [2.75, 3.05) is 0 Å². The summed E-state index contributed by atoms with van der Waals surface area (Å²) in [7, 11) is 1.57. The number of aromatic nitrogens is 1. The van der Waals surface area contributed by atoms with Gasteiger partial charge in [-0.05, 0) is 29.8 Å². The maximum atomic E-state index is 12.1. The number of alkyl halides is 3. The van der Waals surface area contributed by atoms with Gasteiger partial charge in [-0.2, -0.15) is 0 Å². The lowest BCUT2D eigenvalue weighted by molar-refractivity contribution is 0.0988. The van der Waals surface area contributed by atoms with Gasteiger partial charge in [0.1, 0.15) is 0 Å². The first kappa shape index (κ1) is 15.4. The van der Waals surface area contributed by atoms with Gasteiger partial charge in [0.05, 0.1) is 5.69 Å². The second kappa shape index (κ2) is 5.45. The molecule has 2 aromatic heterocycles. The van der Waals surface area contributed by atoms with Gasteiger partial charge >= 0.3 is 0 Å². The van der Waals surface area contributed by atoms with Gasteiger partial charge in [0, 0.05) is 18.8 Å². The van der Waals surface area contributed by atoms with Crippen molar-refractivity contribution in [2.45, 2.75) is 3.79 Å². The predicted molar refractivity (Wildman–Crippen MR) is 77.2 cm³/mol. The van der Waals surface area contributed by atoms with Crippen molar-refractivity contribution < 1.29 is 14.0 Å². The van der Waals surface area contributed by atoms with Crippen molar-refractivity contribution in [2.24, 2.45) is 7.05 Å². The number of hydrogen-bond donors (Lipinski definition) is 0. The lowest BCUT2D eigenvalue weighted by Gasteiger charge is -2.09. The van der Waals surface area contributed by atoms with Crippen LogP contribution in [-0.4, -0.2) is 19.9 Å². The third-order valence-electron chi connectivity index (χ3n) is 2.55. The molecule has 0 aliphatic heterocycles. The molecule has 8 heteroatoms. The summed E-state index contributed by atoms with van der Waals surface area (Å²) in [6, 6.07) is 4.22. The third-order valence-corrected chi connectivity index (χ3v) is 3.27. The highest BCUT2D eigenvalue weighted by Crippen LogP contribution is 2.31. The summed E-state index contributed by atoms with van der Waals surface area (Å²) in [5, 5.41) is 0.0990. The molecule has 4 nitrogen and oxygen atoms in total. The van der Waals surface area contributed by atoms with Crippen LogP contribution >= 0.6 is 46.4 Å². The summed E-state index contributed by atoms with van der Waals surface area (Å²) >= 11 is 22.2. The average molecular weight is 355 g/mol. The SMILES string of the molecule is Cn1cc(C(=O)c2ccc(Cl)o2)cc1C(=O)C(Cl)(Cl)Cl. The molecule has 0 aromatic carbocycles. The van der Waals surface area contributed by atoms with Crippen LogP contribution in [0.5, 0.6) is 0 Å². The van der Waals surface area contributed by atoms with Gasteiger partial charge < -0.3 is 8.98 Å². The van der Waals surface area contributed by atoms with E-state index in [2.05, 4.69) is 0 Å². The molecular weight excluding hydrogens is 348 g/mol. The first-order chi connectivity index (χ1) is 9.20. The van der Waals surface area contributed by atoms with E-state index in [0.29, 0.717) is 0 Å². The van der Waals surface area contributed by atoms with E-state index in [1.54, 1.807) is 7.05 Å². The fourth-order valence-electron chi connectivity index (χ4n) is 1.64. The maximum Gasteiger partial charge on any atom is 0.255 e. The van der Waals surface area contributed by atoms with Crippen molar-refractivity contribution >= 4 is 58.0 Å². The monoisotopic (exact) mass is 353 g/mol. The van der Waals surface area contributed by atoms with Crippen molar-refractivity contribution in [1.29, 1.82) is 0 Å². The zero-order valence-corrected chi connectivity index (χ0v) is 13.0. The topological polar surface area (TPSA) is 52.2 Å². The Morgan fingerprint density at radius 3 is 2.40 bits per heavy atom. The molecule has 0 bridgehead atoms. The van der Waals surface area contributed by atoms with Crippen LogP contribution in [0.15, 0.2) is 28.8 Å².